The Hall–Kier alpha value is -2.78. The van der Waals surface area contributed by atoms with Crippen LogP contribution < -0.4 is 20.4 Å². The highest BCUT2D eigenvalue weighted by atomic mass is 16.2. The zero-order valence-electron chi connectivity index (χ0n) is 18.2. The van der Waals surface area contributed by atoms with Gasteiger partial charge in [0.15, 0.2) is 0 Å². The minimum absolute atomic E-state index is 0.0525. The van der Waals surface area contributed by atoms with E-state index in [1.807, 2.05) is 16.7 Å². The van der Waals surface area contributed by atoms with Crippen LogP contribution in [-0.4, -0.2) is 96.3 Å². The second kappa shape index (κ2) is 8.39. The van der Waals surface area contributed by atoms with Gasteiger partial charge in [-0.1, -0.05) is 0 Å². The van der Waals surface area contributed by atoms with Crippen molar-refractivity contribution in [3.8, 4) is 0 Å². The van der Waals surface area contributed by atoms with Gasteiger partial charge in [-0.05, 0) is 32.6 Å². The van der Waals surface area contributed by atoms with Crippen LogP contribution in [0.3, 0.4) is 0 Å². The van der Waals surface area contributed by atoms with Crippen LogP contribution in [0.2, 0.25) is 0 Å². The van der Waals surface area contributed by atoms with E-state index in [9.17, 15) is 9.59 Å². The lowest BCUT2D eigenvalue weighted by molar-refractivity contribution is 0.189. The highest BCUT2D eigenvalue weighted by Crippen LogP contribution is 2.27. The van der Waals surface area contributed by atoms with Crippen molar-refractivity contribution < 1.29 is 9.59 Å². The lowest BCUT2D eigenvalue weighted by Gasteiger charge is -2.39. The van der Waals surface area contributed by atoms with Crippen molar-refractivity contribution in [2.75, 3.05) is 62.2 Å². The average Bonchev–Trinajstić information content (AvgIpc) is 3.41. The number of aromatic nitrogens is 2. The van der Waals surface area contributed by atoms with Gasteiger partial charge in [0, 0.05) is 58.4 Å². The number of nitrogens with zero attached hydrogens (tertiary/aromatic N) is 6. The monoisotopic (exact) mass is 428 g/mol. The maximum Gasteiger partial charge on any atom is 0.317 e. The Kier molecular flexibility index (Phi) is 5.45. The molecule has 4 saturated heterocycles. The molecule has 5 heterocycles. The highest BCUT2D eigenvalue weighted by molar-refractivity contribution is 5.77. The molecular formula is C21H32N8O2. The molecular weight excluding hydrogens is 396 g/mol. The summed E-state index contributed by atoms with van der Waals surface area (Å²) in [4.78, 5) is 42.3. The fourth-order valence-corrected chi connectivity index (χ4v) is 5.36. The predicted octanol–water partition coefficient (Wildman–Crippen LogP) is 0.773. The number of nitrogens with one attached hydrogen (secondary N) is 2. The molecule has 168 valence electrons. The van der Waals surface area contributed by atoms with Crippen LogP contribution in [0.25, 0.3) is 0 Å². The third-order valence-corrected chi connectivity index (χ3v) is 6.91. The van der Waals surface area contributed by atoms with Crippen molar-refractivity contribution in [1.82, 2.24) is 30.4 Å². The first-order valence-corrected chi connectivity index (χ1v) is 11.5. The molecule has 0 unspecified atom stereocenters. The van der Waals surface area contributed by atoms with Gasteiger partial charge < -0.3 is 30.2 Å². The van der Waals surface area contributed by atoms with Gasteiger partial charge in [0.2, 0.25) is 0 Å². The van der Waals surface area contributed by atoms with E-state index in [0.717, 1.165) is 95.5 Å². The average molecular weight is 429 g/mol. The van der Waals surface area contributed by atoms with E-state index in [1.165, 1.54) is 0 Å². The Morgan fingerprint density at radius 1 is 0.806 bits per heavy atom. The van der Waals surface area contributed by atoms with E-state index < -0.39 is 0 Å². The zero-order chi connectivity index (χ0) is 21.4. The molecule has 31 heavy (non-hydrogen) atoms. The summed E-state index contributed by atoms with van der Waals surface area (Å²) in [6, 6.07) is 2.64. The Morgan fingerprint density at radius 2 is 1.29 bits per heavy atom. The van der Waals surface area contributed by atoms with Gasteiger partial charge in [-0.3, -0.25) is 0 Å². The van der Waals surface area contributed by atoms with E-state index in [4.69, 9.17) is 9.97 Å². The summed E-state index contributed by atoms with van der Waals surface area (Å²) >= 11 is 0. The van der Waals surface area contributed by atoms with Crippen LogP contribution in [0.15, 0.2) is 6.07 Å². The van der Waals surface area contributed by atoms with Gasteiger partial charge in [-0.25, -0.2) is 19.6 Å². The fourth-order valence-electron chi connectivity index (χ4n) is 5.36. The molecule has 4 amide bonds. The molecule has 5 rings (SSSR count). The van der Waals surface area contributed by atoms with Gasteiger partial charge in [0.25, 0.3) is 0 Å². The zero-order valence-corrected chi connectivity index (χ0v) is 18.2. The number of amides is 4. The van der Waals surface area contributed by atoms with Crippen LogP contribution in [0, 0.1) is 6.92 Å². The quantitative estimate of drug-likeness (QED) is 0.736. The first-order valence-electron chi connectivity index (χ1n) is 11.5. The summed E-state index contributed by atoms with van der Waals surface area (Å²) in [7, 11) is 0. The molecule has 10 heteroatoms. The van der Waals surface area contributed by atoms with Crippen molar-refractivity contribution in [3.05, 3.63) is 11.9 Å². The van der Waals surface area contributed by atoms with Gasteiger partial charge in [0.1, 0.15) is 17.5 Å². The van der Waals surface area contributed by atoms with Crippen molar-refractivity contribution in [1.29, 1.82) is 0 Å². The fraction of sp³-hybridized carbons (Fsp3) is 0.714. The number of rotatable bonds is 4. The summed E-state index contributed by atoms with van der Waals surface area (Å²) in [6.07, 6.45) is 4.16. The van der Waals surface area contributed by atoms with E-state index >= 15 is 0 Å². The molecule has 1 aromatic heterocycles. The number of anilines is 2. The Labute approximate surface area is 183 Å². The molecule has 0 bridgehead atoms. The van der Waals surface area contributed by atoms with Crippen molar-refractivity contribution in [2.45, 2.75) is 44.7 Å². The molecule has 10 nitrogen and oxygen atoms in total. The molecule has 4 fully saturated rings. The summed E-state index contributed by atoms with van der Waals surface area (Å²) in [5.74, 6) is 2.63. The van der Waals surface area contributed by atoms with Gasteiger partial charge in [-0.2, -0.15) is 0 Å². The molecule has 4 aliphatic rings. The lowest BCUT2D eigenvalue weighted by atomic mass is 10.0. The van der Waals surface area contributed by atoms with Crippen molar-refractivity contribution >= 4 is 23.7 Å². The molecule has 0 aliphatic carbocycles. The summed E-state index contributed by atoms with van der Waals surface area (Å²) < 4.78 is 0. The van der Waals surface area contributed by atoms with E-state index in [0.29, 0.717) is 0 Å². The highest BCUT2D eigenvalue weighted by Gasteiger charge is 2.34. The number of piperidine rings is 2. The Bertz CT molecular complexity index is 784. The van der Waals surface area contributed by atoms with Crippen LogP contribution in [0.5, 0.6) is 0 Å². The Balaban J connectivity index is 1.32. The second-order valence-corrected chi connectivity index (χ2v) is 8.97. The number of carbonyl (C=O) groups excluding carboxylic acids is 2. The van der Waals surface area contributed by atoms with Gasteiger partial charge in [-0.15, -0.1) is 0 Å². The normalized spacial score (nSPS) is 27.0. The van der Waals surface area contributed by atoms with Crippen molar-refractivity contribution in [2.24, 2.45) is 0 Å². The van der Waals surface area contributed by atoms with Crippen LogP contribution >= 0.6 is 0 Å². The number of aryl methyl sites for hydroxylation is 1. The number of carbonyl (C=O) groups is 2. The molecule has 2 atom stereocenters. The lowest BCUT2D eigenvalue weighted by Crippen LogP contribution is -2.50. The first kappa shape index (κ1) is 20.1. The molecule has 0 saturated carbocycles. The number of urea groups is 2. The van der Waals surface area contributed by atoms with Crippen LogP contribution in [-0.2, 0) is 0 Å². The minimum atomic E-state index is 0.0525. The summed E-state index contributed by atoms with van der Waals surface area (Å²) in [6.45, 7) is 8.47. The molecule has 0 spiro atoms. The number of hydrogen-bond acceptors (Lipinski definition) is 6. The van der Waals surface area contributed by atoms with E-state index in [1.54, 1.807) is 0 Å². The largest absolute Gasteiger partial charge is 0.354 e. The van der Waals surface area contributed by atoms with E-state index in [-0.39, 0.29) is 24.1 Å². The molecule has 0 aromatic carbocycles. The molecule has 2 N–H and O–H groups in total. The van der Waals surface area contributed by atoms with Crippen LogP contribution in [0.1, 0.15) is 31.5 Å². The predicted molar refractivity (Wildman–Crippen MR) is 117 cm³/mol. The van der Waals surface area contributed by atoms with Crippen molar-refractivity contribution in [3.63, 3.8) is 0 Å². The minimum Gasteiger partial charge on any atom is -0.354 e. The number of hydrogen-bond donors (Lipinski definition) is 2. The third-order valence-electron chi connectivity index (χ3n) is 6.91. The third kappa shape index (κ3) is 4.07. The molecule has 1 aromatic rings. The SMILES string of the molecule is Cc1nc(N2CCC[C@@H](N3CCNC3=O)C2)cc(N2CCC[C@H](N3CCNC3=O)C2)n1. The maximum atomic E-state index is 12.1. The smallest absolute Gasteiger partial charge is 0.317 e. The summed E-state index contributed by atoms with van der Waals surface area (Å²) in [5.41, 5.74) is 0. The summed E-state index contributed by atoms with van der Waals surface area (Å²) in [5, 5.41) is 5.83. The molecule has 4 aliphatic heterocycles. The molecule has 0 radical (unpaired) electrons. The standard InChI is InChI=1S/C21H32N8O2/c1-15-24-18(26-8-2-4-16(13-26)28-10-6-22-20(28)30)12-19(25-15)27-9-3-5-17(14-27)29-11-7-23-21(29)31/h12,16-17H,2-11,13-14H2,1H3,(H,22,30)(H,23,31)/t16-,17+. The topological polar surface area (TPSA) is 96.9 Å². The van der Waals surface area contributed by atoms with E-state index in [2.05, 4.69) is 26.5 Å². The first-order chi connectivity index (χ1) is 15.1. The second-order valence-electron chi connectivity index (χ2n) is 8.97. The van der Waals surface area contributed by atoms with Gasteiger partial charge in [0.05, 0.1) is 12.1 Å². The van der Waals surface area contributed by atoms with Crippen LogP contribution in [0.4, 0.5) is 21.2 Å². The van der Waals surface area contributed by atoms with Gasteiger partial charge >= 0.3 is 12.1 Å². The Morgan fingerprint density at radius 3 is 1.71 bits per heavy atom. The maximum absolute atomic E-state index is 12.1.